The number of halogens is 1. The van der Waals surface area contributed by atoms with Gasteiger partial charge in [0.2, 0.25) is 0 Å². The first kappa shape index (κ1) is 13.5. The molecule has 2 aromatic carbocycles. The molecule has 1 aliphatic rings. The zero-order chi connectivity index (χ0) is 25.9. The fourth-order valence-corrected chi connectivity index (χ4v) is 4.33. The third kappa shape index (κ3) is 3.48. The third-order valence-corrected chi connectivity index (χ3v) is 5.83. The molecule has 1 fully saturated rings. The number of benzene rings is 2. The largest absolute Gasteiger partial charge is 0.326 e. The Morgan fingerprint density at radius 1 is 1.07 bits per heavy atom. The van der Waals surface area contributed by atoms with Gasteiger partial charge in [-0.25, -0.2) is 9.59 Å². The van der Waals surface area contributed by atoms with Gasteiger partial charge in [0.25, 0.3) is 0 Å². The molecule has 0 bridgehead atoms. The zero-order valence-corrected chi connectivity index (χ0v) is 16.8. The molecule has 3 heterocycles. The molecular weight excluding hydrogens is 402 g/mol. The van der Waals surface area contributed by atoms with Crippen LogP contribution >= 0.6 is 11.6 Å². The number of fused-ring (bicyclic) bond motifs is 2. The fraction of sp³-hybridized carbons (Fsp3) is 0.364. The number of nitrogens with one attached hydrogen (secondary N) is 2. The Morgan fingerprint density at radius 2 is 1.83 bits per heavy atom. The van der Waals surface area contributed by atoms with Crippen LogP contribution in [-0.2, 0) is 6.54 Å². The summed E-state index contributed by atoms with van der Waals surface area (Å²) < 4.78 is 52.0. The molecule has 30 heavy (non-hydrogen) atoms. The number of hydrogen-bond donors (Lipinski definition) is 2. The van der Waals surface area contributed by atoms with Gasteiger partial charge in [0.1, 0.15) is 0 Å². The van der Waals surface area contributed by atoms with E-state index < -0.39 is 24.3 Å². The number of aromatic nitrogens is 4. The zero-order valence-electron chi connectivity index (χ0n) is 22.1. The molecule has 0 spiro atoms. The van der Waals surface area contributed by atoms with Crippen LogP contribution in [0.2, 0.25) is 5.02 Å². The van der Waals surface area contributed by atoms with Gasteiger partial charge >= 0.3 is 11.4 Å². The molecule has 156 valence electrons. The lowest BCUT2D eigenvalue weighted by atomic mass is 10.0. The first-order chi connectivity index (χ1) is 17.0. The van der Waals surface area contributed by atoms with E-state index in [-0.39, 0.29) is 47.8 Å². The van der Waals surface area contributed by atoms with Crippen molar-refractivity contribution in [3.05, 3.63) is 68.4 Å². The van der Waals surface area contributed by atoms with E-state index in [2.05, 4.69) is 9.97 Å². The molecule has 0 aliphatic carbocycles. The molecule has 0 amide bonds. The van der Waals surface area contributed by atoms with Crippen LogP contribution in [0, 0.1) is 0 Å². The summed E-state index contributed by atoms with van der Waals surface area (Å²) in [6.45, 7) is -1.01. The van der Waals surface area contributed by atoms with Crippen LogP contribution in [-0.4, -0.2) is 43.6 Å². The summed E-state index contributed by atoms with van der Waals surface area (Å²) in [5, 5.41) is 0.531. The molecule has 0 saturated carbocycles. The smallest absolute Gasteiger partial charge is 0.306 e. The van der Waals surface area contributed by atoms with Crippen LogP contribution in [0.15, 0.2) is 52.0 Å². The minimum Gasteiger partial charge on any atom is -0.306 e. The highest BCUT2D eigenvalue weighted by Gasteiger charge is 2.23. The van der Waals surface area contributed by atoms with E-state index >= 15 is 0 Å². The van der Waals surface area contributed by atoms with Crippen LogP contribution in [0.5, 0.6) is 0 Å². The van der Waals surface area contributed by atoms with Crippen LogP contribution < -0.4 is 11.4 Å². The molecule has 2 N–H and O–H groups in total. The topological polar surface area (TPSA) is 78.8 Å². The minimum atomic E-state index is -1.77. The van der Waals surface area contributed by atoms with Crippen LogP contribution in [0.3, 0.4) is 0 Å². The van der Waals surface area contributed by atoms with Gasteiger partial charge in [-0.05, 0) is 56.0 Å². The molecule has 1 aliphatic heterocycles. The number of para-hydroxylation sites is 2. The molecule has 7 nitrogen and oxygen atoms in total. The SMILES string of the molecule is [2H]c1c([2H])c([2H])c2c([nH]c(=O)n2CCC([2H])([2H])N2CCC(n3c(=O)[nH]c4cc(Cl)ccc43)CC2)c1[2H]. The maximum atomic E-state index is 12.6. The van der Waals surface area contributed by atoms with Crippen LogP contribution in [0.25, 0.3) is 22.1 Å². The third-order valence-electron chi connectivity index (χ3n) is 5.59. The van der Waals surface area contributed by atoms with Gasteiger partial charge in [0.15, 0.2) is 0 Å². The van der Waals surface area contributed by atoms with Gasteiger partial charge in [-0.2, -0.15) is 0 Å². The van der Waals surface area contributed by atoms with Gasteiger partial charge in [-0.15, -0.1) is 0 Å². The average Bonchev–Trinajstić information content (AvgIpc) is 3.35. The summed E-state index contributed by atoms with van der Waals surface area (Å²) in [5.41, 5.74) is 0.640. The Balaban J connectivity index is 1.32. The highest BCUT2D eigenvalue weighted by molar-refractivity contribution is 6.31. The van der Waals surface area contributed by atoms with E-state index in [0.29, 0.717) is 36.5 Å². The summed E-state index contributed by atoms with van der Waals surface area (Å²) >= 11 is 6.03. The van der Waals surface area contributed by atoms with Crippen molar-refractivity contribution in [1.82, 2.24) is 24.0 Å². The van der Waals surface area contributed by atoms with E-state index in [1.54, 1.807) is 27.7 Å². The molecule has 4 aromatic rings. The number of aromatic amines is 2. The second kappa shape index (κ2) is 7.81. The summed E-state index contributed by atoms with van der Waals surface area (Å²) in [6.07, 6.45) is 1.07. The van der Waals surface area contributed by atoms with E-state index in [9.17, 15) is 9.59 Å². The molecule has 0 radical (unpaired) electrons. The summed E-state index contributed by atoms with van der Waals surface area (Å²) in [7, 11) is 0. The second-order valence-corrected chi connectivity index (χ2v) is 7.83. The number of nitrogens with zero attached hydrogens (tertiary/aromatic N) is 3. The Labute approximate surface area is 186 Å². The standard InChI is InChI=1S/C22H24ClN5O2/c23-15-6-7-20-18(14-15)25-22(30)28(20)16-8-12-26(13-9-16)10-3-11-27-19-5-2-1-4-17(19)24-21(27)29/h1-2,4-7,14,16H,3,8-13H2,(H,24,29)(H,25,30)/i1D,2D,4D,5D,10D2. The number of piperidine rings is 1. The van der Waals surface area contributed by atoms with Crippen molar-refractivity contribution >= 4 is 33.7 Å². The number of imidazole rings is 2. The normalized spacial score (nSPS) is 19.4. The Morgan fingerprint density at radius 3 is 2.67 bits per heavy atom. The number of aryl methyl sites for hydroxylation is 1. The maximum absolute atomic E-state index is 12.6. The number of rotatable bonds is 5. The summed E-state index contributed by atoms with van der Waals surface area (Å²) in [4.78, 5) is 32.1. The summed E-state index contributed by atoms with van der Waals surface area (Å²) in [5.74, 6) is 0. The van der Waals surface area contributed by atoms with Crippen molar-refractivity contribution in [3.8, 4) is 0 Å². The van der Waals surface area contributed by atoms with E-state index in [0.717, 1.165) is 5.52 Å². The maximum Gasteiger partial charge on any atom is 0.326 e. The second-order valence-electron chi connectivity index (χ2n) is 7.39. The van der Waals surface area contributed by atoms with Gasteiger partial charge in [0.05, 0.1) is 27.5 Å². The Bertz CT molecular complexity index is 1600. The Hall–Kier alpha value is -2.77. The van der Waals surface area contributed by atoms with Gasteiger partial charge in [-0.3, -0.25) is 9.13 Å². The monoisotopic (exact) mass is 431 g/mol. The van der Waals surface area contributed by atoms with Gasteiger partial charge < -0.3 is 14.9 Å². The van der Waals surface area contributed by atoms with Crippen molar-refractivity contribution in [2.75, 3.05) is 19.6 Å². The number of H-pyrrole nitrogens is 2. The molecule has 2 aromatic heterocycles. The van der Waals surface area contributed by atoms with E-state index in [1.807, 2.05) is 0 Å². The van der Waals surface area contributed by atoms with Crippen molar-refractivity contribution in [2.24, 2.45) is 0 Å². The summed E-state index contributed by atoms with van der Waals surface area (Å²) in [6, 6.07) is 3.60. The minimum absolute atomic E-state index is 0.0119. The van der Waals surface area contributed by atoms with Crippen molar-refractivity contribution in [2.45, 2.75) is 31.8 Å². The fourth-order valence-electron chi connectivity index (χ4n) is 4.16. The molecule has 0 unspecified atom stereocenters. The predicted molar refractivity (Wildman–Crippen MR) is 119 cm³/mol. The van der Waals surface area contributed by atoms with Crippen LogP contribution in [0.4, 0.5) is 0 Å². The highest BCUT2D eigenvalue weighted by Crippen LogP contribution is 2.26. The predicted octanol–water partition coefficient (Wildman–Crippen LogP) is 3.35. The lowest BCUT2D eigenvalue weighted by molar-refractivity contribution is 0.183. The molecule has 5 rings (SSSR count). The average molecular weight is 432 g/mol. The van der Waals surface area contributed by atoms with Crippen molar-refractivity contribution in [3.63, 3.8) is 0 Å². The highest BCUT2D eigenvalue weighted by atomic mass is 35.5. The van der Waals surface area contributed by atoms with Crippen molar-refractivity contribution in [1.29, 1.82) is 0 Å². The molecule has 1 saturated heterocycles. The first-order valence-corrected chi connectivity index (χ1v) is 10.2. The van der Waals surface area contributed by atoms with Gasteiger partial charge in [-0.1, -0.05) is 23.7 Å². The van der Waals surface area contributed by atoms with E-state index in [1.165, 1.54) is 4.57 Å². The lowest BCUT2D eigenvalue weighted by Gasteiger charge is -2.32. The van der Waals surface area contributed by atoms with E-state index in [4.69, 9.17) is 19.8 Å². The van der Waals surface area contributed by atoms with Gasteiger partial charge in [0, 0.05) is 33.4 Å². The van der Waals surface area contributed by atoms with Crippen molar-refractivity contribution < 1.29 is 8.22 Å². The Kier molecular flexibility index (Phi) is 3.52. The first-order valence-electron chi connectivity index (χ1n) is 12.8. The number of hydrogen-bond acceptors (Lipinski definition) is 3. The molecule has 8 heteroatoms. The molecular formula is C22H24ClN5O2. The number of likely N-dealkylation sites (tertiary alicyclic amines) is 1. The lowest BCUT2D eigenvalue weighted by Crippen LogP contribution is -2.37. The quantitative estimate of drug-likeness (QED) is 0.508. The molecule has 0 atom stereocenters. The van der Waals surface area contributed by atoms with Crippen LogP contribution in [0.1, 0.15) is 33.5 Å².